The molecule has 0 radical (unpaired) electrons. The summed E-state index contributed by atoms with van der Waals surface area (Å²) in [7, 11) is 0. The van der Waals surface area contributed by atoms with E-state index in [2.05, 4.69) is 63.0 Å². The highest BCUT2D eigenvalue weighted by atomic mass is 32.1. The minimum Gasteiger partial charge on any atom is -0.371 e. The number of rotatable bonds is 6. The first kappa shape index (κ1) is 23.5. The van der Waals surface area contributed by atoms with Crippen molar-refractivity contribution in [3.8, 4) is 10.6 Å². The molecule has 1 aromatic carbocycles. The van der Waals surface area contributed by atoms with Crippen LogP contribution in [0.4, 0.5) is 5.69 Å². The predicted octanol–water partition coefficient (Wildman–Crippen LogP) is 5.82. The number of amides is 1. The lowest BCUT2D eigenvalue weighted by atomic mass is 10.0. The van der Waals surface area contributed by atoms with Crippen LogP contribution < -0.4 is 10.2 Å². The first-order valence-corrected chi connectivity index (χ1v) is 13.4. The number of aryl methyl sites for hydroxylation is 2. The van der Waals surface area contributed by atoms with Crippen molar-refractivity contribution in [2.24, 2.45) is 0 Å². The summed E-state index contributed by atoms with van der Waals surface area (Å²) >= 11 is 1.68. The number of hydrogen-bond donors (Lipinski definition) is 1. The summed E-state index contributed by atoms with van der Waals surface area (Å²) in [6.07, 6.45) is 5.45. The van der Waals surface area contributed by atoms with Crippen LogP contribution in [-0.2, 0) is 6.54 Å². The quantitative estimate of drug-likeness (QED) is 0.311. The minimum absolute atomic E-state index is 0.0458. The average molecular weight is 512 g/mol. The largest absolute Gasteiger partial charge is 0.371 e. The summed E-state index contributed by atoms with van der Waals surface area (Å²) < 4.78 is 7.74. The lowest BCUT2D eigenvalue weighted by Crippen LogP contribution is -2.45. The van der Waals surface area contributed by atoms with Gasteiger partial charge in [-0.05, 0) is 62.6 Å². The number of fused-ring (bicyclic) bond motifs is 1. The van der Waals surface area contributed by atoms with E-state index in [1.165, 1.54) is 10.6 Å². The van der Waals surface area contributed by atoms with Crippen molar-refractivity contribution in [1.82, 2.24) is 20.0 Å². The number of pyridine rings is 1. The van der Waals surface area contributed by atoms with E-state index in [0.29, 0.717) is 12.2 Å². The van der Waals surface area contributed by atoms with Crippen LogP contribution in [0.5, 0.6) is 0 Å². The second-order valence-corrected chi connectivity index (χ2v) is 10.9. The van der Waals surface area contributed by atoms with Gasteiger partial charge in [0.15, 0.2) is 5.76 Å². The number of carbonyl (C=O) groups is 1. The zero-order valence-electron chi connectivity index (χ0n) is 21.0. The molecule has 7 nitrogen and oxygen atoms in total. The van der Waals surface area contributed by atoms with Crippen LogP contribution in [0.1, 0.15) is 39.5 Å². The molecule has 1 aliphatic rings. The van der Waals surface area contributed by atoms with E-state index in [-0.39, 0.29) is 11.9 Å². The molecule has 1 aliphatic heterocycles. The molecule has 5 heterocycles. The van der Waals surface area contributed by atoms with Crippen LogP contribution in [0, 0.1) is 13.8 Å². The van der Waals surface area contributed by atoms with Gasteiger partial charge in [0.1, 0.15) is 11.4 Å². The number of benzene rings is 1. The number of nitrogens with one attached hydrogen (secondary N) is 1. The smallest absolute Gasteiger partial charge is 0.268 e. The van der Waals surface area contributed by atoms with Crippen molar-refractivity contribution in [2.75, 3.05) is 18.0 Å². The zero-order valence-corrected chi connectivity index (χ0v) is 21.8. The van der Waals surface area contributed by atoms with Gasteiger partial charge in [0.2, 0.25) is 0 Å². The Morgan fingerprint density at radius 2 is 1.89 bits per heavy atom. The summed E-state index contributed by atoms with van der Waals surface area (Å²) in [6.45, 7) is 6.43. The van der Waals surface area contributed by atoms with Gasteiger partial charge in [0.05, 0.1) is 16.9 Å². The Labute approximate surface area is 219 Å². The maximum atomic E-state index is 13.6. The molecule has 6 rings (SSSR count). The van der Waals surface area contributed by atoms with Crippen LogP contribution >= 0.6 is 11.3 Å². The Kier molecular flexibility index (Phi) is 6.26. The van der Waals surface area contributed by atoms with Crippen LogP contribution in [0.2, 0.25) is 0 Å². The molecule has 188 valence electrons. The lowest BCUT2D eigenvalue weighted by molar-refractivity contribution is 0.0922. The monoisotopic (exact) mass is 511 g/mol. The fraction of sp³-hybridized carbons (Fsp3) is 0.276. The second-order valence-electron chi connectivity index (χ2n) is 9.66. The maximum absolute atomic E-state index is 13.6. The van der Waals surface area contributed by atoms with Crippen molar-refractivity contribution < 1.29 is 9.32 Å². The van der Waals surface area contributed by atoms with Gasteiger partial charge < -0.3 is 19.3 Å². The normalized spacial score (nSPS) is 14.4. The van der Waals surface area contributed by atoms with E-state index in [1.807, 2.05) is 42.7 Å². The van der Waals surface area contributed by atoms with Gasteiger partial charge >= 0.3 is 0 Å². The van der Waals surface area contributed by atoms with Crippen LogP contribution in [0.25, 0.3) is 21.5 Å². The number of para-hydroxylation sites is 1. The Morgan fingerprint density at radius 3 is 2.65 bits per heavy atom. The average Bonchev–Trinajstić information content (AvgIpc) is 3.65. The molecule has 1 saturated heterocycles. The van der Waals surface area contributed by atoms with Gasteiger partial charge in [-0.2, -0.15) is 0 Å². The molecule has 0 saturated carbocycles. The molecular formula is C29H29N5O2S. The lowest BCUT2D eigenvalue weighted by Gasteiger charge is -2.33. The fourth-order valence-corrected chi connectivity index (χ4v) is 6.01. The van der Waals surface area contributed by atoms with Crippen LogP contribution in [0.15, 0.2) is 71.5 Å². The van der Waals surface area contributed by atoms with E-state index in [1.54, 1.807) is 11.3 Å². The third kappa shape index (κ3) is 4.76. The van der Waals surface area contributed by atoms with Crippen molar-refractivity contribution in [3.63, 3.8) is 0 Å². The number of anilines is 1. The van der Waals surface area contributed by atoms with Gasteiger partial charge in [-0.1, -0.05) is 23.4 Å². The Hall–Kier alpha value is -3.91. The molecule has 8 heteroatoms. The summed E-state index contributed by atoms with van der Waals surface area (Å²) in [5.41, 5.74) is 4.80. The molecule has 0 atom stereocenters. The molecule has 37 heavy (non-hydrogen) atoms. The molecule has 0 unspecified atom stereocenters. The molecule has 1 amide bonds. The second kappa shape index (κ2) is 9.86. The first-order chi connectivity index (χ1) is 18.0. The van der Waals surface area contributed by atoms with Crippen LogP contribution in [0.3, 0.4) is 0 Å². The molecule has 1 fully saturated rings. The van der Waals surface area contributed by atoms with E-state index in [9.17, 15) is 4.79 Å². The SMILES string of the molecule is Cc1ccc(-c2cc(Cn3c(C(=O)NC4CCN(c5ccncc5)CC4)cc4cccc(C)c43)no2)s1. The number of aromatic nitrogens is 3. The molecule has 0 aliphatic carbocycles. The predicted molar refractivity (Wildman–Crippen MR) is 147 cm³/mol. The Balaban J connectivity index is 1.23. The van der Waals surface area contributed by atoms with E-state index in [4.69, 9.17) is 4.52 Å². The van der Waals surface area contributed by atoms with Crippen molar-refractivity contribution in [3.05, 3.63) is 88.8 Å². The minimum atomic E-state index is -0.0458. The highest BCUT2D eigenvalue weighted by Crippen LogP contribution is 2.30. The molecular weight excluding hydrogens is 482 g/mol. The van der Waals surface area contributed by atoms with Crippen molar-refractivity contribution >= 4 is 33.8 Å². The summed E-state index contributed by atoms with van der Waals surface area (Å²) in [6, 6.07) is 18.5. The number of hydrogen-bond acceptors (Lipinski definition) is 6. The van der Waals surface area contributed by atoms with Gasteiger partial charge in [-0.15, -0.1) is 11.3 Å². The molecule has 5 aromatic rings. The zero-order chi connectivity index (χ0) is 25.4. The maximum Gasteiger partial charge on any atom is 0.268 e. The van der Waals surface area contributed by atoms with Gasteiger partial charge in [-0.3, -0.25) is 9.78 Å². The first-order valence-electron chi connectivity index (χ1n) is 12.6. The third-order valence-corrected chi connectivity index (χ3v) is 8.09. The molecule has 4 aromatic heterocycles. The molecule has 0 bridgehead atoms. The molecule has 0 spiro atoms. The van der Waals surface area contributed by atoms with Crippen molar-refractivity contribution in [1.29, 1.82) is 0 Å². The number of thiophene rings is 1. The summed E-state index contributed by atoms with van der Waals surface area (Å²) in [4.78, 5) is 22.3. The standard InChI is InChI=1S/C29H29N5O2S/c1-19-4-3-5-21-16-25(29(35)31-22-10-14-33(15-11-22)24-8-12-30-13-9-24)34(28(19)21)18-23-17-26(36-32-23)27-7-6-20(2)37-27/h3-9,12-13,16-17,22H,10-11,14-15,18H2,1-2H3,(H,31,35). The van der Waals surface area contributed by atoms with Crippen LogP contribution in [-0.4, -0.2) is 39.7 Å². The van der Waals surface area contributed by atoms with Gasteiger partial charge in [-0.25, -0.2) is 0 Å². The third-order valence-electron chi connectivity index (χ3n) is 7.07. The fourth-order valence-electron chi connectivity index (χ4n) is 5.19. The highest BCUT2D eigenvalue weighted by Gasteiger charge is 2.24. The van der Waals surface area contributed by atoms with Gasteiger partial charge in [0, 0.05) is 53.5 Å². The van der Waals surface area contributed by atoms with Gasteiger partial charge in [0.25, 0.3) is 5.91 Å². The number of nitrogens with zero attached hydrogens (tertiary/aromatic N) is 4. The van der Waals surface area contributed by atoms with E-state index in [0.717, 1.165) is 58.7 Å². The Morgan fingerprint density at radius 1 is 1.08 bits per heavy atom. The highest BCUT2D eigenvalue weighted by molar-refractivity contribution is 7.15. The van der Waals surface area contributed by atoms with Crippen molar-refractivity contribution in [2.45, 2.75) is 39.3 Å². The summed E-state index contributed by atoms with van der Waals surface area (Å²) in [5, 5.41) is 8.69. The van der Waals surface area contributed by atoms with E-state index >= 15 is 0 Å². The summed E-state index contributed by atoms with van der Waals surface area (Å²) in [5.74, 6) is 0.712. The van der Waals surface area contributed by atoms with E-state index < -0.39 is 0 Å². The number of piperidine rings is 1. The molecule has 1 N–H and O–H groups in total. The topological polar surface area (TPSA) is 76.2 Å². The number of carbonyl (C=O) groups excluding carboxylic acids is 1. The Bertz CT molecular complexity index is 1540.